The Morgan fingerprint density at radius 2 is 1.94 bits per heavy atom. The molecule has 16 heavy (non-hydrogen) atoms. The number of halogens is 1. The molecule has 0 saturated carbocycles. The van der Waals surface area contributed by atoms with Crippen molar-refractivity contribution in [2.24, 2.45) is 0 Å². The van der Waals surface area contributed by atoms with Crippen molar-refractivity contribution in [2.75, 3.05) is 5.73 Å². The monoisotopic (exact) mass is 302 g/mol. The zero-order valence-corrected chi connectivity index (χ0v) is 10.5. The summed E-state index contributed by atoms with van der Waals surface area (Å²) in [7, 11) is 0. The number of nitrogens with zero attached hydrogens (tertiary/aromatic N) is 1. The number of nitro groups is 1. The molecule has 1 aromatic carbocycles. The van der Waals surface area contributed by atoms with Crippen LogP contribution in [0.25, 0.3) is 10.0 Å². The van der Waals surface area contributed by atoms with Gasteiger partial charge in [-0.25, -0.2) is 0 Å². The molecule has 0 aliphatic heterocycles. The number of hydrogen-bond acceptors (Lipinski definition) is 3. The molecule has 1 heterocycles. The summed E-state index contributed by atoms with van der Waals surface area (Å²) in [5.74, 6) is 0. The van der Waals surface area contributed by atoms with Crippen molar-refractivity contribution in [2.45, 2.75) is 0 Å². The van der Waals surface area contributed by atoms with E-state index in [0.717, 1.165) is 10.0 Å². The van der Waals surface area contributed by atoms with Crippen molar-refractivity contribution in [3.8, 4) is 10.0 Å². The molecule has 0 radical (unpaired) electrons. The van der Waals surface area contributed by atoms with Gasteiger partial charge in [-0.05, 0) is 0 Å². The summed E-state index contributed by atoms with van der Waals surface area (Å²) in [6.07, 6.45) is 0. The van der Waals surface area contributed by atoms with Crippen LogP contribution in [0.3, 0.4) is 0 Å². The zero-order chi connectivity index (χ0) is 11.7. The molecular weight excluding hydrogens is 295 g/mol. The Kier molecular flexibility index (Phi) is 3.01. The van der Waals surface area contributed by atoms with Crippen molar-refractivity contribution in [1.29, 1.82) is 0 Å². The third kappa shape index (κ3) is 2.11. The van der Waals surface area contributed by atoms with Gasteiger partial charge in [-0.15, -0.1) is 0 Å². The number of hydrogen-bond donors (Lipinski definition) is 1. The Balaban J connectivity index is 2.45. The van der Waals surface area contributed by atoms with E-state index >= 15 is 0 Å². The molecule has 0 spiro atoms. The van der Waals surface area contributed by atoms with Gasteiger partial charge in [0.15, 0.2) is 0 Å². The molecule has 6 heteroatoms. The molecule has 0 saturated heterocycles. The quantitative estimate of drug-likeness (QED) is 0.526. The molecule has 0 bridgehead atoms. The van der Waals surface area contributed by atoms with Crippen LogP contribution in [0.4, 0.5) is 10.2 Å². The average Bonchev–Trinajstić information content (AvgIpc) is 2.61. The summed E-state index contributed by atoms with van der Waals surface area (Å²) < 4.78 is 1.03. The second kappa shape index (κ2) is 4.29. The van der Waals surface area contributed by atoms with Crippen LogP contribution in [0.15, 0.2) is 30.3 Å². The van der Waals surface area contributed by atoms with Gasteiger partial charge in [0.05, 0.1) is 0 Å². The molecule has 2 rings (SSSR count). The predicted molar refractivity (Wildman–Crippen MR) is 64.9 cm³/mol. The molecule has 2 aromatic rings. The minimum atomic E-state index is -0.408. The number of benzene rings is 1. The summed E-state index contributed by atoms with van der Waals surface area (Å²) >= 11 is 5.44. The normalized spacial score (nSPS) is 10.3. The fraction of sp³-hybridized carbons (Fsp3) is 0. The number of nitrogens with two attached hydrogens (primary N) is 1. The fourth-order valence-electron chi connectivity index (χ4n) is 1.29. The first-order valence-corrected chi connectivity index (χ1v) is 6.46. The van der Waals surface area contributed by atoms with Crippen LogP contribution in [-0.2, 0) is 0 Å². The zero-order valence-electron chi connectivity index (χ0n) is 8.01. The third-order valence-corrected chi connectivity index (χ3v) is 4.70. The van der Waals surface area contributed by atoms with Crippen LogP contribution < -0.4 is 5.73 Å². The van der Waals surface area contributed by atoms with Crippen LogP contribution in [-0.4, -0.2) is 19.4 Å². The molecule has 0 amide bonds. The topological polar surface area (TPSA) is 69.2 Å². The van der Waals surface area contributed by atoms with Gasteiger partial charge in [-0.2, -0.15) is 0 Å². The van der Waals surface area contributed by atoms with Crippen LogP contribution in [0.1, 0.15) is 0 Å². The van der Waals surface area contributed by atoms with E-state index in [0.29, 0.717) is 5.02 Å². The Labute approximate surface area is 103 Å². The van der Waals surface area contributed by atoms with Crippen LogP contribution >= 0.6 is 11.6 Å². The van der Waals surface area contributed by atoms with Gasteiger partial charge >= 0.3 is 102 Å². The molecule has 0 aliphatic rings. The average molecular weight is 302 g/mol. The number of nitrogen functional groups attached to an aromatic ring is 1. The molecule has 0 atom stereocenters. The first kappa shape index (κ1) is 11.2. The van der Waals surface area contributed by atoms with Crippen LogP contribution in [0.2, 0.25) is 5.02 Å². The summed E-state index contributed by atoms with van der Waals surface area (Å²) in [4.78, 5) is 10.3. The Bertz CT molecular complexity index is 536. The van der Waals surface area contributed by atoms with Crippen molar-refractivity contribution < 1.29 is 4.92 Å². The molecule has 1 aromatic heterocycles. The molecule has 0 fully saturated rings. The first-order valence-electron chi connectivity index (χ1n) is 4.37. The van der Waals surface area contributed by atoms with E-state index in [1.807, 2.05) is 12.1 Å². The maximum atomic E-state index is 10.7. The van der Waals surface area contributed by atoms with Gasteiger partial charge in [0.25, 0.3) is 0 Å². The molecule has 82 valence electrons. The van der Waals surface area contributed by atoms with E-state index in [-0.39, 0.29) is 24.8 Å². The van der Waals surface area contributed by atoms with Crippen LogP contribution in [0, 0.1) is 10.1 Å². The van der Waals surface area contributed by atoms with Gasteiger partial charge in [0.1, 0.15) is 0 Å². The predicted octanol–water partition coefficient (Wildman–Crippen LogP) is 2.55. The van der Waals surface area contributed by atoms with Gasteiger partial charge in [-0.3, -0.25) is 0 Å². The summed E-state index contributed by atoms with van der Waals surface area (Å²) in [6, 6.07) is 8.86. The maximum absolute atomic E-state index is 10.7. The van der Waals surface area contributed by atoms with Crippen molar-refractivity contribution in [3.05, 3.63) is 45.5 Å². The van der Waals surface area contributed by atoms with Gasteiger partial charge in [0.2, 0.25) is 0 Å². The van der Waals surface area contributed by atoms with Crippen molar-refractivity contribution >= 4 is 36.4 Å². The SMILES string of the molecule is Nc1cc(-c2ccc(Cl)cc2)[se]c1[N+](=O)[O-]. The van der Waals surface area contributed by atoms with E-state index in [9.17, 15) is 10.1 Å². The first-order chi connectivity index (χ1) is 7.58. The van der Waals surface area contributed by atoms with E-state index in [1.165, 1.54) is 0 Å². The van der Waals surface area contributed by atoms with E-state index in [2.05, 4.69) is 0 Å². The Hall–Kier alpha value is -1.29. The molecular formula is C10H7ClN2O2Se. The van der Waals surface area contributed by atoms with Crippen LogP contribution in [0.5, 0.6) is 0 Å². The fourth-order valence-corrected chi connectivity index (χ4v) is 3.31. The van der Waals surface area contributed by atoms with Gasteiger partial charge in [-0.1, -0.05) is 0 Å². The van der Waals surface area contributed by atoms with Crippen molar-refractivity contribution in [3.63, 3.8) is 0 Å². The Morgan fingerprint density at radius 1 is 1.31 bits per heavy atom. The Morgan fingerprint density at radius 3 is 2.44 bits per heavy atom. The molecule has 4 nitrogen and oxygen atoms in total. The van der Waals surface area contributed by atoms with E-state index in [4.69, 9.17) is 17.3 Å². The second-order valence-electron chi connectivity index (χ2n) is 3.14. The minimum absolute atomic E-state index is 0.123. The van der Waals surface area contributed by atoms with E-state index in [1.54, 1.807) is 18.2 Å². The van der Waals surface area contributed by atoms with Crippen molar-refractivity contribution in [1.82, 2.24) is 0 Å². The summed E-state index contributed by atoms with van der Waals surface area (Å²) in [5, 5.41) is 11.3. The number of anilines is 1. The summed E-state index contributed by atoms with van der Waals surface area (Å²) in [5.41, 5.74) is 6.78. The molecule has 2 N–H and O–H groups in total. The van der Waals surface area contributed by atoms with Gasteiger partial charge < -0.3 is 0 Å². The van der Waals surface area contributed by atoms with E-state index < -0.39 is 4.92 Å². The second-order valence-corrected chi connectivity index (χ2v) is 5.73. The molecule has 0 unspecified atom stereocenters. The van der Waals surface area contributed by atoms with Gasteiger partial charge in [0, 0.05) is 0 Å². The number of rotatable bonds is 2. The third-order valence-electron chi connectivity index (χ3n) is 2.03. The summed E-state index contributed by atoms with van der Waals surface area (Å²) in [6.45, 7) is 0. The molecule has 0 aliphatic carbocycles. The standard InChI is InChI=1S/C10H7ClN2O2Se/c11-7-3-1-6(2-4-7)9-5-8(12)10(16-9)13(14)15/h1-5H,12H2.